The first-order valence-corrected chi connectivity index (χ1v) is 42.2. The summed E-state index contributed by atoms with van der Waals surface area (Å²) in [6.07, 6.45) is 0. The van der Waals surface area contributed by atoms with Gasteiger partial charge in [0, 0.05) is 102 Å². The summed E-state index contributed by atoms with van der Waals surface area (Å²) in [5, 5.41) is 0. The zero-order chi connectivity index (χ0) is 82.3. The van der Waals surface area contributed by atoms with E-state index in [9.17, 15) is 0 Å². The molecule has 0 fully saturated rings. The van der Waals surface area contributed by atoms with Crippen LogP contribution in [0.15, 0.2) is 528 Å². The highest BCUT2D eigenvalue weighted by Crippen LogP contribution is 2.41. The van der Waals surface area contributed by atoms with E-state index in [1.54, 1.807) is 0 Å². The first kappa shape index (κ1) is 77.1. The summed E-state index contributed by atoms with van der Waals surface area (Å²) in [6.45, 7) is -0.965. The van der Waals surface area contributed by atoms with Crippen molar-refractivity contribution in [3.8, 4) is 0 Å². The van der Waals surface area contributed by atoms with Gasteiger partial charge >= 0.3 is 0 Å². The second-order valence-electron chi connectivity index (χ2n) is 30.8. The minimum Gasteiger partial charge on any atom is -0.311 e. The van der Waals surface area contributed by atoms with E-state index in [-0.39, 0.29) is 20.1 Å². The van der Waals surface area contributed by atoms with Gasteiger partial charge in [0.1, 0.15) is 0 Å². The van der Waals surface area contributed by atoms with Gasteiger partial charge in [-0.25, -0.2) is 0 Å². The number of hydrogen-bond donors (Lipinski definition) is 0. The Bertz CT molecular complexity index is 5280. The van der Waals surface area contributed by atoms with Crippen molar-refractivity contribution in [2.45, 2.75) is 0 Å². The lowest BCUT2D eigenvalue weighted by Gasteiger charge is -2.28. The molecule has 19 aromatic carbocycles. The Hall–Kier alpha value is -15.8. The van der Waals surface area contributed by atoms with E-state index in [1.807, 2.05) is 0 Å². The van der Waals surface area contributed by atoms with Crippen molar-refractivity contribution >= 4 is 172 Å². The van der Waals surface area contributed by atoms with Crippen LogP contribution in [0.5, 0.6) is 0 Å². The fourth-order valence-electron chi connectivity index (χ4n) is 17.4. The molecular formula is C114H87B3N6. The summed E-state index contributed by atoms with van der Waals surface area (Å²) >= 11 is 0. The van der Waals surface area contributed by atoms with Crippen molar-refractivity contribution in [2.24, 2.45) is 0 Å². The zero-order valence-electron chi connectivity index (χ0n) is 68.1. The highest BCUT2D eigenvalue weighted by atomic mass is 15.2. The molecule has 0 aliphatic rings. The summed E-state index contributed by atoms with van der Waals surface area (Å²) in [4.78, 5) is 14.1. The number of rotatable bonds is 27. The molecule has 0 unspecified atom stereocenters. The van der Waals surface area contributed by atoms with Crippen LogP contribution in [0.2, 0.25) is 0 Å². The van der Waals surface area contributed by atoms with Gasteiger partial charge in [-0.3, -0.25) is 0 Å². The van der Waals surface area contributed by atoms with E-state index in [2.05, 4.69) is 557 Å². The molecule has 0 N–H and O–H groups in total. The molecule has 123 heavy (non-hydrogen) atoms. The highest BCUT2D eigenvalue weighted by molar-refractivity contribution is 7.00. The number of benzene rings is 19. The minimum absolute atomic E-state index is 0.322. The van der Waals surface area contributed by atoms with E-state index >= 15 is 0 Å². The number of para-hydroxylation sites is 12. The van der Waals surface area contributed by atoms with Crippen LogP contribution >= 0.6 is 0 Å². The molecule has 0 saturated heterocycles. The van der Waals surface area contributed by atoms with Crippen LogP contribution in [0.1, 0.15) is 0 Å². The largest absolute Gasteiger partial charge is 0.311 e. The monoisotopic (exact) mass is 1570 g/mol. The minimum atomic E-state index is -0.322. The molecule has 0 amide bonds. The maximum Gasteiger partial charge on any atom is 0.241 e. The molecule has 0 aliphatic heterocycles. The van der Waals surface area contributed by atoms with Crippen molar-refractivity contribution in [1.82, 2.24) is 0 Å². The second-order valence-corrected chi connectivity index (χ2v) is 30.8. The van der Waals surface area contributed by atoms with Crippen LogP contribution < -0.4 is 78.6 Å². The Morgan fingerprint density at radius 2 is 0.179 bits per heavy atom. The molecule has 582 valence electrons. The van der Waals surface area contributed by atoms with Gasteiger partial charge in [-0.15, -0.1) is 0 Å². The Morgan fingerprint density at radius 1 is 0.0894 bits per heavy atom. The van der Waals surface area contributed by atoms with Gasteiger partial charge in [0.25, 0.3) is 0 Å². The SMILES string of the molecule is c1ccc(N(c2ccccc2)c2ccc(B(c3ccc(N(c4ccccc4)c4ccccc4)cc3)c3cc(B(c4ccc(N(c5ccccc5)c5ccccc5)cc4)c4ccc(N(c5ccccc5)c5ccccc5)cc4)cc(B(c4ccc(N(c5ccccc5)c5ccccc5)cc4)c4ccc(N(c5ccccc5)c5ccccc5)cc4)c3)cc2)cc1. The van der Waals surface area contributed by atoms with Gasteiger partial charge in [-0.1, -0.05) is 359 Å². The molecule has 19 aromatic rings. The normalized spacial score (nSPS) is 10.9. The molecule has 9 heteroatoms. The van der Waals surface area contributed by atoms with Crippen LogP contribution in [-0.2, 0) is 0 Å². The molecule has 0 heterocycles. The molecule has 0 aromatic heterocycles. The Balaban J connectivity index is 0.866. The number of anilines is 18. The van der Waals surface area contributed by atoms with Crippen LogP contribution in [0, 0.1) is 0 Å². The fraction of sp³-hybridized carbons (Fsp3) is 0. The molecule has 0 aliphatic carbocycles. The molecule has 0 bridgehead atoms. The summed E-state index contributed by atoms with van der Waals surface area (Å²) in [5.74, 6) is 0. The predicted octanol–water partition coefficient (Wildman–Crippen LogP) is 24.1. The van der Waals surface area contributed by atoms with Gasteiger partial charge in [0.2, 0.25) is 20.1 Å². The predicted molar refractivity (Wildman–Crippen MR) is 527 cm³/mol. The van der Waals surface area contributed by atoms with Crippen LogP contribution in [0.3, 0.4) is 0 Å². The zero-order valence-corrected chi connectivity index (χ0v) is 68.1. The van der Waals surface area contributed by atoms with Crippen molar-refractivity contribution in [3.05, 3.63) is 528 Å². The Labute approximate surface area is 723 Å². The Kier molecular flexibility index (Phi) is 22.9. The molecular weight excluding hydrogens is 1490 g/mol. The lowest BCUT2D eigenvalue weighted by molar-refractivity contribution is 1.28. The molecule has 0 saturated carbocycles. The van der Waals surface area contributed by atoms with E-state index in [0.717, 1.165) is 152 Å². The third-order valence-electron chi connectivity index (χ3n) is 23.1. The maximum absolute atomic E-state index is 2.54. The van der Waals surface area contributed by atoms with Crippen molar-refractivity contribution in [3.63, 3.8) is 0 Å². The second kappa shape index (κ2) is 36.6. The van der Waals surface area contributed by atoms with Gasteiger partial charge in [0.15, 0.2) is 0 Å². The summed E-state index contributed by atoms with van der Waals surface area (Å²) < 4.78 is 0. The van der Waals surface area contributed by atoms with E-state index in [1.165, 1.54) is 0 Å². The molecule has 0 atom stereocenters. The summed E-state index contributed by atoms with van der Waals surface area (Å²) in [5.41, 5.74) is 29.4. The lowest BCUT2D eigenvalue weighted by atomic mass is 9.30. The van der Waals surface area contributed by atoms with Crippen LogP contribution in [-0.4, -0.2) is 20.1 Å². The van der Waals surface area contributed by atoms with Crippen molar-refractivity contribution in [1.29, 1.82) is 0 Å². The highest BCUT2D eigenvalue weighted by Gasteiger charge is 2.33. The van der Waals surface area contributed by atoms with Crippen molar-refractivity contribution < 1.29 is 0 Å². The van der Waals surface area contributed by atoms with Crippen molar-refractivity contribution in [2.75, 3.05) is 29.4 Å². The smallest absolute Gasteiger partial charge is 0.241 e. The summed E-state index contributed by atoms with van der Waals surface area (Å²) in [7, 11) is 0. The summed E-state index contributed by atoms with van der Waals surface area (Å²) in [6, 6.07) is 192. The standard InChI is InChI=1S/C114H87B3N6/c1-13-37-97(38-14-1)118(98-39-15-2-16-40-98)109-73-61-88(62-74-109)115(89-63-75-110(76-64-89)119(99-41-17-3-18-42-99)100-43-19-4-20-44-100)94-85-95(116(90-65-77-111(78-66-90)120(101-45-21-5-22-46-101)102-47-23-6-24-48-102)91-67-79-112(80-68-91)121(103-49-25-7-26-50-103)104-51-27-8-28-52-104)87-96(86-94)117(92-69-81-113(82-70-92)122(105-53-29-9-30-54-105)106-55-31-10-32-56-106)93-71-83-114(84-72-93)123(107-57-33-11-34-58-107)108-59-35-12-36-60-108/h1-87H. The van der Waals surface area contributed by atoms with E-state index in [4.69, 9.17) is 0 Å². The number of hydrogen-bond acceptors (Lipinski definition) is 6. The third-order valence-corrected chi connectivity index (χ3v) is 23.1. The van der Waals surface area contributed by atoms with E-state index in [0.29, 0.717) is 0 Å². The molecule has 19 rings (SSSR count). The fourth-order valence-corrected chi connectivity index (χ4v) is 17.4. The quantitative estimate of drug-likeness (QED) is 0.0475. The van der Waals surface area contributed by atoms with Crippen LogP contribution in [0.25, 0.3) is 0 Å². The first-order valence-electron chi connectivity index (χ1n) is 42.2. The average Bonchev–Trinajstić information content (AvgIpc) is 0.756. The lowest BCUT2D eigenvalue weighted by Crippen LogP contribution is -2.61. The first-order chi connectivity index (χ1) is 61.0. The molecule has 0 spiro atoms. The van der Waals surface area contributed by atoms with Gasteiger partial charge < -0.3 is 29.4 Å². The maximum atomic E-state index is 2.54. The Morgan fingerprint density at radius 3 is 0.276 bits per heavy atom. The average molecular weight is 1570 g/mol. The van der Waals surface area contributed by atoms with Gasteiger partial charge in [-0.05, 0) is 218 Å². The van der Waals surface area contributed by atoms with E-state index < -0.39 is 0 Å². The molecule has 6 nitrogen and oxygen atoms in total. The molecule has 0 radical (unpaired) electrons. The third kappa shape index (κ3) is 17.0. The number of nitrogens with zero attached hydrogens (tertiary/aromatic N) is 6. The topological polar surface area (TPSA) is 19.4 Å². The van der Waals surface area contributed by atoms with Crippen LogP contribution in [0.4, 0.5) is 102 Å². The van der Waals surface area contributed by atoms with Gasteiger partial charge in [-0.2, -0.15) is 0 Å². The van der Waals surface area contributed by atoms with Gasteiger partial charge in [0.05, 0.1) is 0 Å².